The van der Waals surface area contributed by atoms with Gasteiger partial charge in [-0.2, -0.15) is 8.78 Å². The van der Waals surface area contributed by atoms with Gasteiger partial charge in [0.25, 0.3) is 11.1 Å². The number of Topliss-reactive ketones (excluding diaryl/α,β-unsaturated/α-hetero) is 1. The first kappa shape index (κ1) is 52.2. The first-order chi connectivity index (χ1) is 32.8. The van der Waals surface area contributed by atoms with Gasteiger partial charge < -0.3 is 52.5 Å². The highest BCUT2D eigenvalue weighted by molar-refractivity contribution is 5.90. The zero-order chi connectivity index (χ0) is 49.9. The Balaban J connectivity index is 0.828. The molecule has 4 saturated carbocycles. The van der Waals surface area contributed by atoms with Crippen LogP contribution in [0.1, 0.15) is 71.6 Å². The number of nitrogens with zero attached hydrogens (tertiary/aromatic N) is 2. The summed E-state index contributed by atoms with van der Waals surface area (Å²) in [6.45, 7) is 0.952. The van der Waals surface area contributed by atoms with Gasteiger partial charge in [-0.15, -0.1) is 0 Å². The number of H-pyrrole nitrogens is 2. The van der Waals surface area contributed by atoms with E-state index in [1.165, 1.54) is 0 Å². The van der Waals surface area contributed by atoms with E-state index in [-0.39, 0.29) is 88.5 Å². The molecule has 24 nitrogen and oxygen atoms in total. The van der Waals surface area contributed by atoms with E-state index < -0.39 is 95.6 Å². The van der Waals surface area contributed by atoms with Gasteiger partial charge in [0.1, 0.15) is 38.1 Å². The van der Waals surface area contributed by atoms with Gasteiger partial charge in [-0.05, 0) is 86.9 Å². The molecular weight excluding hydrogens is 930 g/mol. The van der Waals surface area contributed by atoms with Crippen molar-refractivity contribution in [3.8, 4) is 0 Å². The van der Waals surface area contributed by atoms with Gasteiger partial charge in [0, 0.05) is 5.41 Å². The molecule has 2 heterocycles. The number of rotatable bonds is 20. The first-order valence-electron chi connectivity index (χ1n) is 22.5. The number of carbonyl (C=O) groups excluding carboxylic acids is 5. The number of ether oxygens (including phenoxy) is 10. The van der Waals surface area contributed by atoms with Crippen LogP contribution in [0, 0.1) is 46.1 Å². The molecule has 0 amide bonds. The zero-order valence-corrected chi connectivity index (χ0v) is 38.0. The van der Waals surface area contributed by atoms with E-state index in [0.29, 0.717) is 53.1 Å². The van der Waals surface area contributed by atoms with Crippen molar-refractivity contribution in [1.29, 1.82) is 0 Å². The van der Waals surface area contributed by atoms with Crippen molar-refractivity contribution in [3.63, 3.8) is 0 Å². The highest BCUT2D eigenvalue weighted by Gasteiger charge is 2.67. The van der Waals surface area contributed by atoms with Gasteiger partial charge in [0.15, 0.2) is 20.1 Å². The van der Waals surface area contributed by atoms with Gasteiger partial charge in [-0.1, -0.05) is 13.8 Å². The number of ketones is 1. The molecule has 6 rings (SSSR count). The molecule has 0 aromatic carbocycles. The van der Waals surface area contributed by atoms with Crippen molar-refractivity contribution in [3.05, 3.63) is 65.7 Å². The number of aromatic amines is 2. The Morgan fingerprint density at radius 1 is 0.623 bits per heavy atom. The maximum absolute atomic E-state index is 13.6. The van der Waals surface area contributed by atoms with Crippen molar-refractivity contribution in [2.75, 3.05) is 59.5 Å². The lowest BCUT2D eigenvalue weighted by molar-refractivity contribution is -0.174. The third-order valence-electron chi connectivity index (χ3n) is 14.2. The van der Waals surface area contributed by atoms with Crippen molar-refractivity contribution >= 4 is 30.4 Å². The number of fused-ring (bicyclic) bond motifs is 5. The molecule has 5 unspecified atom stereocenters. The van der Waals surface area contributed by atoms with E-state index in [0.717, 1.165) is 25.7 Å². The standard InChI is InChI=1S/C43H56F2N4O20/c1-41-8-5-26(69-40(58)65-18-14-61-13-17-64-39(57)68-24-49-21-31(45)34(52)47-36(49)54)19-25(41)3-4-27-28(41)6-9-42(2)29(27)7-10-43(42,59)32(50)22-66-37(55)62-15-11-60-12-16-63-38(56)67-23-48-20-30(44)33(51)46-35(48)53/h20-21,25-29,59H,3-19,22-24H2,1-2H3,(H,46,51,53)(H,47,52,54)/t25-,26-,27?,28?,29?,41?,42?,43+/m1/s1. The predicted molar refractivity (Wildman–Crippen MR) is 224 cm³/mol. The fourth-order valence-electron chi connectivity index (χ4n) is 10.7. The number of hydrogen-bond acceptors (Lipinski definition) is 20. The Morgan fingerprint density at radius 2 is 1.12 bits per heavy atom. The number of hydrogen-bond donors (Lipinski definition) is 3. The molecule has 0 saturated heterocycles. The van der Waals surface area contributed by atoms with Crippen LogP contribution in [-0.2, 0) is 65.6 Å². The molecule has 0 radical (unpaired) electrons. The summed E-state index contributed by atoms with van der Waals surface area (Å²) in [5.41, 5.74) is -6.85. The zero-order valence-electron chi connectivity index (χ0n) is 38.0. The van der Waals surface area contributed by atoms with Crippen LogP contribution in [-0.4, -0.2) is 126 Å². The molecule has 0 spiro atoms. The number of halogens is 2. The molecule has 2 aromatic heterocycles. The highest BCUT2D eigenvalue weighted by atomic mass is 19.1. The van der Waals surface area contributed by atoms with Crippen LogP contribution >= 0.6 is 0 Å². The second kappa shape index (κ2) is 23.0. The van der Waals surface area contributed by atoms with Crippen LogP contribution in [0.15, 0.2) is 31.6 Å². The van der Waals surface area contributed by atoms with Crippen LogP contribution in [0.4, 0.5) is 28.0 Å². The molecule has 382 valence electrons. The highest BCUT2D eigenvalue weighted by Crippen LogP contribution is 2.68. The molecule has 26 heteroatoms. The molecule has 8 atom stereocenters. The minimum Gasteiger partial charge on any atom is -0.432 e. The van der Waals surface area contributed by atoms with Crippen molar-refractivity contribution in [2.24, 2.45) is 34.5 Å². The Labute approximate surface area is 390 Å². The predicted octanol–water partition coefficient (Wildman–Crippen LogP) is 2.64. The summed E-state index contributed by atoms with van der Waals surface area (Å²) < 4.78 is 78.3. The average molecular weight is 987 g/mol. The number of aliphatic hydroxyl groups is 1. The molecule has 4 fully saturated rings. The molecule has 3 N–H and O–H groups in total. The van der Waals surface area contributed by atoms with E-state index in [1.54, 1.807) is 9.97 Å². The normalized spacial score (nSPS) is 26.8. The fraction of sp³-hybridized carbons (Fsp3) is 0.698. The number of aromatic nitrogens is 4. The summed E-state index contributed by atoms with van der Waals surface area (Å²) in [6, 6.07) is 0. The Hall–Kier alpha value is -6.15. The van der Waals surface area contributed by atoms with E-state index in [2.05, 4.69) is 11.7 Å². The number of nitrogens with one attached hydrogen (secondary N) is 2. The lowest BCUT2D eigenvalue weighted by Crippen LogP contribution is -2.59. The van der Waals surface area contributed by atoms with Gasteiger partial charge in [0.05, 0.1) is 38.8 Å². The summed E-state index contributed by atoms with van der Waals surface area (Å²) in [6.07, 6.45) is 2.73. The topological polar surface area (TPSA) is 308 Å². The second-order valence-corrected chi connectivity index (χ2v) is 17.8. The lowest BCUT2D eigenvalue weighted by Gasteiger charge is -2.61. The molecular formula is C43H56F2N4O20. The third kappa shape index (κ3) is 12.6. The molecule has 69 heavy (non-hydrogen) atoms. The maximum atomic E-state index is 13.6. The van der Waals surface area contributed by atoms with Crippen LogP contribution in [0.3, 0.4) is 0 Å². The minimum absolute atomic E-state index is 0.0155. The van der Waals surface area contributed by atoms with E-state index in [9.17, 15) is 57.0 Å². The monoisotopic (exact) mass is 986 g/mol. The average Bonchev–Trinajstić information content (AvgIpc) is 3.59. The van der Waals surface area contributed by atoms with Gasteiger partial charge >= 0.3 is 36.0 Å². The SMILES string of the molecule is CC12CC[C@@H](OC(=O)OCCOCCOC(=O)OCn3cc(F)c(=O)[nH]c3=O)C[C@H]1CCC1C2CCC2(C)C1CC[C@]2(O)C(=O)COC(=O)OCCOCCOC(=O)OCn1cc(F)c(=O)[nH]c1=O. The number of carbonyl (C=O) groups is 5. The van der Waals surface area contributed by atoms with Gasteiger partial charge in [0.2, 0.25) is 17.4 Å². The molecule has 4 aliphatic carbocycles. The van der Waals surface area contributed by atoms with Crippen LogP contribution in [0.2, 0.25) is 0 Å². The van der Waals surface area contributed by atoms with E-state index in [1.807, 2.05) is 6.92 Å². The molecule has 4 aliphatic rings. The smallest absolute Gasteiger partial charge is 0.432 e. The summed E-state index contributed by atoms with van der Waals surface area (Å²) in [5.74, 6) is -2.10. The lowest BCUT2D eigenvalue weighted by atomic mass is 9.44. The van der Waals surface area contributed by atoms with E-state index in [4.69, 9.17) is 42.6 Å². The molecule has 0 aliphatic heterocycles. The second-order valence-electron chi connectivity index (χ2n) is 17.8. The van der Waals surface area contributed by atoms with Gasteiger partial charge in [-0.25, -0.2) is 28.8 Å². The van der Waals surface area contributed by atoms with Gasteiger partial charge in [-0.3, -0.25) is 33.5 Å². The van der Waals surface area contributed by atoms with Crippen molar-refractivity contribution < 1.29 is 85.2 Å². The van der Waals surface area contributed by atoms with Crippen LogP contribution in [0.5, 0.6) is 0 Å². The summed E-state index contributed by atoms with van der Waals surface area (Å²) in [7, 11) is 0. The largest absolute Gasteiger partial charge is 0.510 e. The minimum atomic E-state index is -1.70. The Morgan fingerprint density at radius 3 is 1.65 bits per heavy atom. The summed E-state index contributed by atoms with van der Waals surface area (Å²) in [4.78, 5) is 111. The first-order valence-corrected chi connectivity index (χ1v) is 22.5. The Kier molecular flexibility index (Phi) is 17.4. The van der Waals surface area contributed by atoms with Crippen LogP contribution in [0.25, 0.3) is 0 Å². The maximum Gasteiger partial charge on any atom is 0.510 e. The fourth-order valence-corrected chi connectivity index (χ4v) is 10.7. The van der Waals surface area contributed by atoms with Crippen molar-refractivity contribution in [2.45, 2.75) is 96.8 Å². The Bertz CT molecular complexity index is 2420. The van der Waals surface area contributed by atoms with E-state index >= 15 is 0 Å². The molecule has 0 bridgehead atoms. The quantitative estimate of drug-likeness (QED) is 0.0975. The third-order valence-corrected chi connectivity index (χ3v) is 14.2. The summed E-state index contributed by atoms with van der Waals surface area (Å²) >= 11 is 0. The summed E-state index contributed by atoms with van der Waals surface area (Å²) in [5, 5.41) is 12.0. The van der Waals surface area contributed by atoms with Crippen molar-refractivity contribution in [1.82, 2.24) is 19.1 Å². The molecule has 2 aromatic rings. The van der Waals surface area contributed by atoms with Crippen LogP contribution < -0.4 is 22.5 Å².